The molecule has 17 heavy (non-hydrogen) atoms. The van der Waals surface area contributed by atoms with E-state index in [1.165, 1.54) is 5.56 Å². The monoisotopic (exact) mass is 250 g/mol. The molecule has 0 aliphatic carbocycles. The Morgan fingerprint density at radius 1 is 1.53 bits per heavy atom. The number of hydrogen-bond acceptors (Lipinski definition) is 1. The number of rotatable bonds is 4. The van der Waals surface area contributed by atoms with E-state index >= 15 is 0 Å². The van der Waals surface area contributed by atoms with Crippen molar-refractivity contribution >= 4 is 28.3 Å². The molecule has 0 amide bonds. The Balaban J connectivity index is 2.50. The number of fused-ring (bicyclic) bond motifs is 1. The summed E-state index contributed by atoms with van der Waals surface area (Å²) in [5.74, 6) is 0.654. The molecule has 1 N–H and O–H groups in total. The van der Waals surface area contributed by atoms with Crippen molar-refractivity contribution in [2.45, 2.75) is 19.8 Å². The van der Waals surface area contributed by atoms with Crippen molar-refractivity contribution in [2.75, 3.05) is 5.88 Å². The lowest BCUT2D eigenvalue weighted by Gasteiger charge is -2.02. The van der Waals surface area contributed by atoms with Crippen molar-refractivity contribution in [3.05, 3.63) is 40.8 Å². The Bertz CT molecular complexity index is 609. The van der Waals surface area contributed by atoms with Crippen molar-refractivity contribution in [1.29, 1.82) is 0 Å². The molecule has 0 spiro atoms. The molecule has 1 heterocycles. The summed E-state index contributed by atoms with van der Waals surface area (Å²) >= 11 is 5.67. The van der Waals surface area contributed by atoms with Gasteiger partial charge in [-0.25, -0.2) is 4.79 Å². The van der Waals surface area contributed by atoms with Crippen LogP contribution in [0.25, 0.3) is 16.7 Å². The molecule has 2 aromatic rings. The highest BCUT2D eigenvalue weighted by Gasteiger charge is 2.07. The zero-order valence-corrected chi connectivity index (χ0v) is 10.5. The van der Waals surface area contributed by atoms with Crippen LogP contribution >= 0.6 is 11.6 Å². The van der Waals surface area contributed by atoms with Crippen LogP contribution in [-0.2, 0) is 6.42 Å². The molecular weight excluding hydrogens is 236 g/mol. The predicted octanol–water partition coefficient (Wildman–Crippen LogP) is 2.99. The summed E-state index contributed by atoms with van der Waals surface area (Å²) in [6, 6.07) is 5.98. The van der Waals surface area contributed by atoms with E-state index in [4.69, 9.17) is 11.6 Å². The van der Waals surface area contributed by atoms with Gasteiger partial charge in [-0.15, -0.1) is 11.6 Å². The second-order valence-corrected chi connectivity index (χ2v) is 4.52. The van der Waals surface area contributed by atoms with Gasteiger partial charge in [-0.1, -0.05) is 12.6 Å². The van der Waals surface area contributed by atoms with E-state index < -0.39 is 0 Å². The third kappa shape index (κ3) is 2.29. The highest BCUT2D eigenvalue weighted by Crippen LogP contribution is 2.16. The van der Waals surface area contributed by atoms with Gasteiger partial charge in [-0.3, -0.25) is 4.57 Å². The first-order valence-electron chi connectivity index (χ1n) is 5.59. The SMILES string of the molecule is C=C(C)n1c(=O)[nH]c2cc(CCCCl)ccc21. The Labute approximate surface area is 105 Å². The van der Waals surface area contributed by atoms with Gasteiger partial charge in [0.2, 0.25) is 0 Å². The molecule has 4 heteroatoms. The molecule has 0 aliphatic rings. The molecule has 0 atom stereocenters. The summed E-state index contributed by atoms with van der Waals surface area (Å²) in [6.07, 6.45) is 1.87. The lowest BCUT2D eigenvalue weighted by atomic mass is 10.1. The fraction of sp³-hybridized carbons (Fsp3) is 0.308. The molecule has 0 saturated heterocycles. The molecule has 3 nitrogen and oxygen atoms in total. The molecule has 0 radical (unpaired) electrons. The summed E-state index contributed by atoms with van der Waals surface area (Å²) in [4.78, 5) is 14.6. The Morgan fingerprint density at radius 3 is 2.94 bits per heavy atom. The highest BCUT2D eigenvalue weighted by molar-refractivity contribution is 6.17. The van der Waals surface area contributed by atoms with Gasteiger partial charge in [0.25, 0.3) is 0 Å². The average Bonchev–Trinajstić information content (AvgIpc) is 2.61. The van der Waals surface area contributed by atoms with E-state index in [-0.39, 0.29) is 5.69 Å². The van der Waals surface area contributed by atoms with Crippen LogP contribution < -0.4 is 5.69 Å². The minimum atomic E-state index is -0.137. The Hall–Kier alpha value is -1.48. The minimum Gasteiger partial charge on any atom is -0.305 e. The van der Waals surface area contributed by atoms with Crippen LogP contribution in [-0.4, -0.2) is 15.4 Å². The molecule has 0 unspecified atom stereocenters. The van der Waals surface area contributed by atoms with Gasteiger partial charge >= 0.3 is 5.69 Å². The van der Waals surface area contributed by atoms with Gasteiger partial charge < -0.3 is 4.98 Å². The fourth-order valence-electron chi connectivity index (χ4n) is 1.96. The summed E-state index contributed by atoms with van der Waals surface area (Å²) in [5, 5.41) is 0. The maximum Gasteiger partial charge on any atom is 0.330 e. The fourth-order valence-corrected chi connectivity index (χ4v) is 2.10. The number of aromatic nitrogens is 2. The van der Waals surface area contributed by atoms with E-state index in [1.807, 2.05) is 25.1 Å². The van der Waals surface area contributed by atoms with E-state index in [2.05, 4.69) is 11.6 Å². The second-order valence-electron chi connectivity index (χ2n) is 4.14. The second kappa shape index (κ2) is 4.80. The molecular formula is C13H15ClN2O. The quantitative estimate of drug-likeness (QED) is 0.833. The Kier molecular flexibility index (Phi) is 3.38. The maximum atomic E-state index is 11.7. The summed E-state index contributed by atoms with van der Waals surface area (Å²) in [7, 11) is 0. The van der Waals surface area contributed by atoms with Crippen LogP contribution in [0, 0.1) is 0 Å². The lowest BCUT2D eigenvalue weighted by molar-refractivity contribution is 0.930. The van der Waals surface area contributed by atoms with Crippen molar-refractivity contribution in [3.8, 4) is 0 Å². The summed E-state index contributed by atoms with van der Waals surface area (Å²) in [6.45, 7) is 5.62. The Morgan fingerprint density at radius 2 is 2.29 bits per heavy atom. The van der Waals surface area contributed by atoms with E-state index in [9.17, 15) is 4.79 Å². The van der Waals surface area contributed by atoms with Gasteiger partial charge in [0, 0.05) is 11.6 Å². The average molecular weight is 251 g/mol. The molecule has 90 valence electrons. The van der Waals surface area contributed by atoms with Crippen LogP contribution in [0.4, 0.5) is 0 Å². The number of nitrogens with zero attached hydrogens (tertiary/aromatic N) is 1. The number of imidazole rings is 1. The van der Waals surface area contributed by atoms with Crippen LogP contribution in [0.2, 0.25) is 0 Å². The number of halogens is 1. The molecule has 1 aromatic heterocycles. The number of alkyl halides is 1. The van der Waals surface area contributed by atoms with E-state index in [0.29, 0.717) is 5.88 Å². The normalized spacial score (nSPS) is 10.9. The number of hydrogen-bond donors (Lipinski definition) is 1. The molecule has 0 saturated carbocycles. The lowest BCUT2D eigenvalue weighted by Crippen LogP contribution is -2.13. The van der Waals surface area contributed by atoms with Gasteiger partial charge in [0.1, 0.15) is 0 Å². The number of aryl methyl sites for hydroxylation is 1. The maximum absolute atomic E-state index is 11.7. The zero-order valence-electron chi connectivity index (χ0n) is 9.79. The first-order chi connectivity index (χ1) is 8.13. The first kappa shape index (κ1) is 12.0. The topological polar surface area (TPSA) is 37.8 Å². The van der Waals surface area contributed by atoms with Crippen molar-refractivity contribution in [2.24, 2.45) is 0 Å². The third-order valence-corrected chi connectivity index (χ3v) is 2.99. The molecule has 1 aromatic carbocycles. The number of nitrogens with one attached hydrogen (secondary N) is 1. The largest absolute Gasteiger partial charge is 0.330 e. The van der Waals surface area contributed by atoms with Crippen LogP contribution in [0.5, 0.6) is 0 Å². The zero-order chi connectivity index (χ0) is 12.4. The van der Waals surface area contributed by atoms with E-state index in [1.54, 1.807) is 4.57 Å². The molecule has 0 fully saturated rings. The van der Waals surface area contributed by atoms with Crippen LogP contribution in [0.3, 0.4) is 0 Å². The molecule has 0 bridgehead atoms. The van der Waals surface area contributed by atoms with Crippen molar-refractivity contribution in [3.63, 3.8) is 0 Å². The van der Waals surface area contributed by atoms with E-state index in [0.717, 1.165) is 29.6 Å². The first-order valence-corrected chi connectivity index (χ1v) is 6.12. The summed E-state index contributed by atoms with van der Waals surface area (Å²) < 4.78 is 1.58. The minimum absolute atomic E-state index is 0.137. The number of allylic oxidation sites excluding steroid dienone is 1. The van der Waals surface area contributed by atoms with Gasteiger partial charge in [-0.05, 0) is 37.5 Å². The number of benzene rings is 1. The van der Waals surface area contributed by atoms with Gasteiger partial charge in [0.05, 0.1) is 11.0 Å². The summed E-state index contributed by atoms with van der Waals surface area (Å²) in [5.41, 5.74) is 3.49. The standard InChI is InChI=1S/C13H15ClN2O/c1-9(2)16-12-6-5-10(4-3-7-14)8-11(12)15-13(16)17/h5-6,8H,1,3-4,7H2,2H3,(H,15,17). The van der Waals surface area contributed by atoms with Crippen molar-refractivity contribution in [1.82, 2.24) is 9.55 Å². The third-order valence-electron chi connectivity index (χ3n) is 2.73. The van der Waals surface area contributed by atoms with Gasteiger partial charge in [-0.2, -0.15) is 0 Å². The predicted molar refractivity (Wildman–Crippen MR) is 72.6 cm³/mol. The van der Waals surface area contributed by atoms with Gasteiger partial charge in [0.15, 0.2) is 0 Å². The van der Waals surface area contributed by atoms with Crippen LogP contribution in [0.15, 0.2) is 29.6 Å². The highest BCUT2D eigenvalue weighted by atomic mass is 35.5. The molecule has 2 rings (SSSR count). The van der Waals surface area contributed by atoms with Crippen LogP contribution in [0.1, 0.15) is 18.9 Å². The smallest absolute Gasteiger partial charge is 0.305 e. The number of aromatic amines is 1. The van der Waals surface area contributed by atoms with Crippen molar-refractivity contribution < 1.29 is 0 Å². The number of H-pyrrole nitrogens is 1. The molecule has 0 aliphatic heterocycles.